The Labute approximate surface area is 115 Å². The van der Waals surface area contributed by atoms with Crippen LogP contribution in [-0.4, -0.2) is 17.7 Å². The summed E-state index contributed by atoms with van der Waals surface area (Å²) in [5, 5.41) is 10.1. The molecule has 0 amide bonds. The van der Waals surface area contributed by atoms with Crippen LogP contribution in [0.5, 0.6) is 0 Å². The van der Waals surface area contributed by atoms with E-state index < -0.39 is 41.0 Å². The first kappa shape index (κ1) is 16.5. The van der Waals surface area contributed by atoms with Crippen molar-refractivity contribution in [2.75, 3.05) is 6.61 Å². The molecule has 112 valence electrons. The Hall–Kier alpha value is -1.56. The fourth-order valence-corrected chi connectivity index (χ4v) is 1.96. The van der Waals surface area contributed by atoms with Gasteiger partial charge in [0, 0.05) is 11.6 Å². The van der Waals surface area contributed by atoms with Gasteiger partial charge < -0.3 is 9.84 Å². The van der Waals surface area contributed by atoms with E-state index in [1.807, 2.05) is 0 Å². The molecule has 1 rings (SSSR count). The van der Waals surface area contributed by atoms with Gasteiger partial charge in [-0.25, -0.2) is 13.2 Å². The summed E-state index contributed by atoms with van der Waals surface area (Å²) in [7, 11) is 0. The minimum atomic E-state index is -1.61. The van der Waals surface area contributed by atoms with E-state index in [-0.39, 0.29) is 12.5 Å². The quantitative estimate of drug-likeness (QED) is 0.670. The summed E-state index contributed by atoms with van der Waals surface area (Å²) >= 11 is 0. The van der Waals surface area contributed by atoms with E-state index in [0.29, 0.717) is 12.1 Å². The van der Waals surface area contributed by atoms with Crippen LogP contribution < -0.4 is 0 Å². The van der Waals surface area contributed by atoms with Crippen molar-refractivity contribution in [3.63, 3.8) is 0 Å². The maximum absolute atomic E-state index is 13.6. The maximum Gasteiger partial charge on any atom is 0.312 e. The number of hydrogen-bond donors (Lipinski definition) is 1. The summed E-state index contributed by atoms with van der Waals surface area (Å²) in [5.74, 6) is -5.88. The Morgan fingerprint density at radius 2 is 1.75 bits per heavy atom. The number of aliphatic hydroxyl groups is 1. The van der Waals surface area contributed by atoms with Crippen molar-refractivity contribution in [2.45, 2.75) is 26.9 Å². The lowest BCUT2D eigenvalue weighted by Crippen LogP contribution is -2.29. The molecule has 0 aromatic heterocycles. The van der Waals surface area contributed by atoms with Crippen LogP contribution in [0.1, 0.15) is 32.4 Å². The Morgan fingerprint density at radius 3 is 2.25 bits per heavy atom. The molecule has 20 heavy (non-hydrogen) atoms. The molecule has 0 fully saturated rings. The average molecular weight is 290 g/mol. The van der Waals surface area contributed by atoms with Crippen LogP contribution in [0.15, 0.2) is 12.1 Å². The first-order valence-electron chi connectivity index (χ1n) is 6.28. The third-order valence-electron chi connectivity index (χ3n) is 2.98. The zero-order valence-electron chi connectivity index (χ0n) is 11.5. The van der Waals surface area contributed by atoms with Gasteiger partial charge in [0.25, 0.3) is 0 Å². The molecule has 0 saturated carbocycles. The summed E-state index contributed by atoms with van der Waals surface area (Å²) in [6.45, 7) is 4.99. The summed E-state index contributed by atoms with van der Waals surface area (Å²) in [4.78, 5) is 11.8. The molecule has 2 atom stereocenters. The number of rotatable bonds is 5. The fourth-order valence-electron chi connectivity index (χ4n) is 1.96. The van der Waals surface area contributed by atoms with Crippen LogP contribution in [0, 0.1) is 29.3 Å². The van der Waals surface area contributed by atoms with E-state index in [0.717, 1.165) is 0 Å². The van der Waals surface area contributed by atoms with Gasteiger partial charge in [-0.1, -0.05) is 13.8 Å². The molecule has 2 unspecified atom stereocenters. The molecule has 1 aromatic rings. The Bertz CT molecular complexity index is 489. The van der Waals surface area contributed by atoms with Crippen molar-refractivity contribution in [1.82, 2.24) is 0 Å². The van der Waals surface area contributed by atoms with Gasteiger partial charge in [0.05, 0.1) is 18.6 Å². The molecule has 3 nitrogen and oxygen atoms in total. The highest BCUT2D eigenvalue weighted by Crippen LogP contribution is 2.31. The molecule has 0 heterocycles. The van der Waals surface area contributed by atoms with Gasteiger partial charge in [0.1, 0.15) is 5.82 Å². The molecule has 0 spiro atoms. The molecule has 1 N–H and O–H groups in total. The van der Waals surface area contributed by atoms with Crippen LogP contribution >= 0.6 is 0 Å². The molecule has 0 saturated heterocycles. The first-order valence-corrected chi connectivity index (χ1v) is 6.28. The lowest BCUT2D eigenvalue weighted by atomic mass is 9.86. The Morgan fingerprint density at radius 1 is 1.20 bits per heavy atom. The lowest BCUT2D eigenvalue weighted by molar-refractivity contribution is -0.154. The normalized spacial score (nSPS) is 14.2. The van der Waals surface area contributed by atoms with Crippen molar-refractivity contribution in [3.05, 3.63) is 35.1 Å². The van der Waals surface area contributed by atoms with Crippen molar-refractivity contribution in [2.24, 2.45) is 11.8 Å². The Balaban J connectivity index is 3.16. The molecule has 0 aliphatic heterocycles. The second-order valence-corrected chi connectivity index (χ2v) is 4.75. The summed E-state index contributed by atoms with van der Waals surface area (Å²) in [6, 6.07) is 0.903. The average Bonchev–Trinajstić information content (AvgIpc) is 2.33. The number of carbonyl (C=O) groups excluding carboxylic acids is 1. The fraction of sp³-hybridized carbons (Fsp3) is 0.500. The number of halogens is 3. The van der Waals surface area contributed by atoms with E-state index in [1.54, 1.807) is 20.8 Å². The highest BCUT2D eigenvalue weighted by molar-refractivity contribution is 5.73. The first-order chi connectivity index (χ1) is 9.29. The van der Waals surface area contributed by atoms with Crippen LogP contribution in [0.25, 0.3) is 0 Å². The van der Waals surface area contributed by atoms with Crippen LogP contribution in [0.4, 0.5) is 13.2 Å². The van der Waals surface area contributed by atoms with Crippen molar-refractivity contribution < 1.29 is 27.8 Å². The number of esters is 1. The van der Waals surface area contributed by atoms with Gasteiger partial charge in [-0.2, -0.15) is 0 Å². The van der Waals surface area contributed by atoms with E-state index in [1.165, 1.54) is 0 Å². The third kappa shape index (κ3) is 3.50. The number of aliphatic hydroxyl groups excluding tert-OH is 1. The molecule has 0 aliphatic carbocycles. The second kappa shape index (κ2) is 6.74. The second-order valence-electron chi connectivity index (χ2n) is 4.75. The third-order valence-corrected chi connectivity index (χ3v) is 2.98. The largest absolute Gasteiger partial charge is 0.466 e. The lowest BCUT2D eigenvalue weighted by Gasteiger charge is -2.25. The van der Waals surface area contributed by atoms with Crippen LogP contribution in [0.3, 0.4) is 0 Å². The molecule has 0 bridgehead atoms. The number of carbonyl (C=O) groups is 1. The topological polar surface area (TPSA) is 46.5 Å². The van der Waals surface area contributed by atoms with E-state index in [9.17, 15) is 23.1 Å². The van der Waals surface area contributed by atoms with E-state index >= 15 is 0 Å². The minimum absolute atomic E-state index is 0.106. The van der Waals surface area contributed by atoms with Gasteiger partial charge in [0.2, 0.25) is 0 Å². The van der Waals surface area contributed by atoms with Gasteiger partial charge in [-0.05, 0) is 18.9 Å². The molecule has 0 aliphatic rings. The molecule has 0 radical (unpaired) electrons. The predicted octanol–water partition coefficient (Wildman–Crippen LogP) is 2.97. The van der Waals surface area contributed by atoms with E-state index in [2.05, 4.69) is 0 Å². The van der Waals surface area contributed by atoms with E-state index in [4.69, 9.17) is 4.74 Å². The van der Waals surface area contributed by atoms with Gasteiger partial charge >= 0.3 is 5.97 Å². The van der Waals surface area contributed by atoms with Gasteiger partial charge in [-0.3, -0.25) is 4.79 Å². The number of benzene rings is 1. The SMILES string of the molecule is CCOC(=O)C(C(C)C)C(O)c1cc(F)c(F)cc1F. The van der Waals surface area contributed by atoms with Gasteiger partial charge in [-0.15, -0.1) is 0 Å². The smallest absolute Gasteiger partial charge is 0.312 e. The number of ether oxygens (including phenoxy) is 1. The van der Waals surface area contributed by atoms with Crippen molar-refractivity contribution >= 4 is 5.97 Å². The monoisotopic (exact) mass is 290 g/mol. The highest BCUT2D eigenvalue weighted by atomic mass is 19.2. The number of hydrogen-bond acceptors (Lipinski definition) is 3. The molecular weight excluding hydrogens is 273 g/mol. The summed E-state index contributed by atoms with van der Waals surface area (Å²) in [6.07, 6.45) is -1.61. The van der Waals surface area contributed by atoms with Crippen molar-refractivity contribution in [1.29, 1.82) is 0 Å². The minimum Gasteiger partial charge on any atom is -0.466 e. The maximum atomic E-state index is 13.6. The molecule has 1 aromatic carbocycles. The molecule has 6 heteroatoms. The summed E-state index contributed by atoms with van der Waals surface area (Å²) in [5.41, 5.74) is -0.462. The molecular formula is C14H17F3O3. The predicted molar refractivity (Wildman–Crippen MR) is 66.2 cm³/mol. The standard InChI is InChI=1S/C14H17F3O3/c1-4-20-14(19)12(7(2)3)13(18)8-5-10(16)11(17)6-9(8)15/h5-7,12-13,18H,4H2,1-3H3. The van der Waals surface area contributed by atoms with Crippen LogP contribution in [-0.2, 0) is 9.53 Å². The Kier molecular flexibility index (Phi) is 5.56. The summed E-state index contributed by atoms with van der Waals surface area (Å²) < 4.78 is 44.5. The highest BCUT2D eigenvalue weighted by Gasteiger charge is 2.34. The zero-order chi connectivity index (χ0) is 15.4. The zero-order valence-corrected chi connectivity index (χ0v) is 11.5. The van der Waals surface area contributed by atoms with Crippen molar-refractivity contribution in [3.8, 4) is 0 Å². The van der Waals surface area contributed by atoms with Crippen LogP contribution in [0.2, 0.25) is 0 Å². The van der Waals surface area contributed by atoms with Gasteiger partial charge in [0.15, 0.2) is 11.6 Å².